The number of methoxy groups -OCH3 is 1. The summed E-state index contributed by atoms with van der Waals surface area (Å²) in [6, 6.07) is 9.75. The fourth-order valence-corrected chi connectivity index (χ4v) is 12.4. The van der Waals surface area contributed by atoms with Crippen molar-refractivity contribution in [3.8, 4) is 28.7 Å². The van der Waals surface area contributed by atoms with Gasteiger partial charge in [0, 0.05) is 81.7 Å². The van der Waals surface area contributed by atoms with Gasteiger partial charge in [-0.1, -0.05) is 38.1 Å². The molecule has 1 spiro atoms. The molecule has 302 valence electrons. The molecule has 0 aliphatic carbocycles. The van der Waals surface area contributed by atoms with Crippen molar-refractivity contribution >= 4 is 34.7 Å². The first-order valence-electron chi connectivity index (χ1n) is 19.9. The highest BCUT2D eigenvalue weighted by Gasteiger charge is 2.55. The molecule has 8 atom stereocenters. The number of fused-ring (bicyclic) bond motifs is 11. The predicted octanol–water partition coefficient (Wildman–Crippen LogP) is 6.47. The maximum Gasteiger partial charge on any atom is 0.335 e. The van der Waals surface area contributed by atoms with E-state index >= 15 is 0 Å². The minimum atomic E-state index is -1.40. The molecule has 1 aromatic heterocycles. The summed E-state index contributed by atoms with van der Waals surface area (Å²) in [6.45, 7) is 9.89. The van der Waals surface area contributed by atoms with Gasteiger partial charge in [0.1, 0.15) is 17.1 Å². The molecule has 4 N–H and O–H groups in total. The van der Waals surface area contributed by atoms with Crippen LogP contribution >= 0.6 is 11.8 Å². The molecule has 0 saturated carbocycles. The van der Waals surface area contributed by atoms with Gasteiger partial charge in [0.2, 0.25) is 6.79 Å². The van der Waals surface area contributed by atoms with Crippen molar-refractivity contribution in [1.29, 1.82) is 0 Å². The maximum atomic E-state index is 15.0. The van der Waals surface area contributed by atoms with Crippen LogP contribution in [0.25, 0.3) is 11.0 Å². The highest BCUT2D eigenvalue weighted by atomic mass is 32.2. The van der Waals surface area contributed by atoms with E-state index in [0.717, 1.165) is 51.6 Å². The number of nitrogens with two attached hydrogens (primary N) is 1. The third-order valence-corrected chi connectivity index (χ3v) is 14.8. The SMILES string of the molecule is COc1c(C)cc2c(c1O)[C@H]1[C@H]([C@@H]3SC[C@]4(N[C@H](CN)Cc5c4oc4ccccc54)C(=O)OCC(C)c4c5c(c(C)c(OC(C)=O)c43)OCO5)C[C@@H](C)[C@H](C2)N1C. The number of thioether (sulfide) groups is 1. The van der Waals surface area contributed by atoms with Crippen LogP contribution in [-0.4, -0.2) is 73.9 Å². The molecule has 1 unspecified atom stereocenters. The number of benzene rings is 3. The molecule has 9 rings (SSSR count). The Kier molecular flexibility index (Phi) is 9.45. The number of carbonyl (C=O) groups is 2. The number of hydrogen-bond acceptors (Lipinski definition) is 13. The lowest BCUT2D eigenvalue weighted by Gasteiger charge is -2.54. The molecule has 1 saturated heterocycles. The number of hydrogen-bond donors (Lipinski definition) is 3. The number of cyclic esters (lactones) is 1. The number of aromatic hydroxyl groups is 1. The monoisotopic (exact) mass is 797 g/mol. The Bertz CT molecular complexity index is 2310. The second-order valence-corrected chi connectivity index (χ2v) is 17.8. The standard InChI is InChI=1S/C44H51N3O9S/c1-20-13-29(35-33-25(14-30(20)47(35)6)12-21(2)37(51-7)36(33)49)41-34-32(40-39(53-19-54-40)23(4)38(34)55-24(5)48)22(3)17-52-43(50)44(18-57-41)42-28(15-26(16-45)46-44)27-10-8-9-11-31(27)56-42/h8-12,20,22,26,29-30,35,41,46,49H,13-19,45H2,1-7H3/t20-,22?,26+,29-,30+,35-,41+,44-/m1/s1. The number of ether oxygens (including phenoxy) is 5. The average Bonchev–Trinajstić information content (AvgIpc) is 3.82. The normalized spacial score (nSPS) is 29.3. The van der Waals surface area contributed by atoms with Crippen molar-refractivity contribution in [1.82, 2.24) is 10.2 Å². The molecule has 3 aromatic carbocycles. The van der Waals surface area contributed by atoms with E-state index in [1.807, 2.05) is 45.0 Å². The third-order valence-electron chi connectivity index (χ3n) is 13.2. The molecule has 6 heterocycles. The van der Waals surface area contributed by atoms with E-state index in [4.69, 9.17) is 33.8 Å². The second kappa shape index (κ2) is 14.1. The van der Waals surface area contributed by atoms with E-state index in [1.54, 1.807) is 18.9 Å². The first-order chi connectivity index (χ1) is 27.4. The summed E-state index contributed by atoms with van der Waals surface area (Å²) in [4.78, 5) is 30.5. The first-order valence-corrected chi connectivity index (χ1v) is 21.0. The van der Waals surface area contributed by atoms with Crippen molar-refractivity contribution in [3.05, 3.63) is 75.0 Å². The second-order valence-electron chi connectivity index (χ2n) is 16.7. The lowest BCUT2D eigenvalue weighted by molar-refractivity contribution is -0.153. The Balaban J connectivity index is 1.31. The summed E-state index contributed by atoms with van der Waals surface area (Å²) in [6.07, 6.45) is 2.18. The van der Waals surface area contributed by atoms with Gasteiger partial charge >= 0.3 is 11.9 Å². The summed E-state index contributed by atoms with van der Waals surface area (Å²) in [5, 5.41) is 16.3. The van der Waals surface area contributed by atoms with Gasteiger partial charge in [0.15, 0.2) is 28.5 Å². The number of furan rings is 1. The van der Waals surface area contributed by atoms with E-state index in [2.05, 4.69) is 30.3 Å². The van der Waals surface area contributed by atoms with Gasteiger partial charge in [0.05, 0.1) is 13.7 Å². The van der Waals surface area contributed by atoms with Crippen LogP contribution in [0.1, 0.15) is 89.1 Å². The largest absolute Gasteiger partial charge is 0.504 e. The zero-order valence-corrected chi connectivity index (χ0v) is 34.3. The highest BCUT2D eigenvalue weighted by molar-refractivity contribution is 7.99. The molecule has 0 amide bonds. The van der Waals surface area contributed by atoms with E-state index in [1.165, 1.54) is 6.92 Å². The van der Waals surface area contributed by atoms with E-state index < -0.39 is 28.6 Å². The fourth-order valence-electron chi connectivity index (χ4n) is 10.7. The number of carbonyl (C=O) groups excluding carboxylic acids is 2. The van der Waals surface area contributed by atoms with E-state index in [9.17, 15) is 14.7 Å². The van der Waals surface area contributed by atoms with Crippen LogP contribution in [0.15, 0.2) is 34.7 Å². The molecule has 13 heteroatoms. The molecule has 57 heavy (non-hydrogen) atoms. The van der Waals surface area contributed by atoms with Gasteiger partial charge in [0.25, 0.3) is 0 Å². The van der Waals surface area contributed by atoms with Gasteiger partial charge in [-0.3, -0.25) is 15.0 Å². The van der Waals surface area contributed by atoms with Gasteiger partial charge in [-0.05, 0) is 69.2 Å². The van der Waals surface area contributed by atoms with Crippen LogP contribution in [0.2, 0.25) is 0 Å². The Labute approximate surface area is 336 Å². The smallest absolute Gasteiger partial charge is 0.335 e. The minimum absolute atomic E-state index is 0.00664. The molecular weight excluding hydrogens is 747 g/mol. The summed E-state index contributed by atoms with van der Waals surface area (Å²) < 4.78 is 37.4. The van der Waals surface area contributed by atoms with Gasteiger partial charge < -0.3 is 38.9 Å². The van der Waals surface area contributed by atoms with Gasteiger partial charge in [-0.15, -0.1) is 0 Å². The number of aryl methyl sites for hydroxylation is 1. The number of nitrogens with one attached hydrogen (secondary N) is 1. The number of para-hydroxylation sites is 1. The predicted molar refractivity (Wildman–Crippen MR) is 215 cm³/mol. The Morgan fingerprint density at radius 1 is 1.09 bits per heavy atom. The Hall–Kier alpha value is -4.43. The first kappa shape index (κ1) is 38.1. The van der Waals surface area contributed by atoms with E-state index in [0.29, 0.717) is 52.9 Å². The lowest BCUT2D eigenvalue weighted by atomic mass is 9.67. The quantitative estimate of drug-likeness (QED) is 0.153. The number of piperidine rings is 1. The van der Waals surface area contributed by atoms with E-state index in [-0.39, 0.29) is 54.9 Å². The number of phenolic OH excluding ortho intramolecular Hbond substituents is 1. The molecule has 4 aromatic rings. The Morgan fingerprint density at radius 2 is 1.86 bits per heavy atom. The molecule has 5 aliphatic rings. The molecular formula is C44H51N3O9S. The number of nitrogens with zero attached hydrogens (tertiary/aromatic N) is 1. The molecule has 5 aliphatic heterocycles. The molecule has 12 nitrogen and oxygen atoms in total. The summed E-state index contributed by atoms with van der Waals surface area (Å²) >= 11 is 1.61. The number of rotatable bonds is 4. The van der Waals surface area contributed by atoms with Crippen LogP contribution in [0.4, 0.5) is 0 Å². The molecule has 1 fully saturated rings. The Morgan fingerprint density at radius 3 is 2.61 bits per heavy atom. The van der Waals surface area contributed by atoms with Crippen LogP contribution in [-0.2, 0) is 32.7 Å². The van der Waals surface area contributed by atoms with Crippen LogP contribution < -0.4 is 30.0 Å². The van der Waals surface area contributed by atoms with Crippen molar-refractivity contribution in [2.45, 2.75) is 88.7 Å². The van der Waals surface area contributed by atoms with Crippen LogP contribution in [0.5, 0.6) is 28.7 Å². The molecule has 2 bridgehead atoms. The number of likely N-dealkylation sites (N-methyl/N-ethyl adjacent to an activating group) is 1. The summed E-state index contributed by atoms with van der Waals surface area (Å²) in [5.74, 6) is 1.65. The van der Waals surface area contributed by atoms with Crippen molar-refractivity contribution in [2.24, 2.45) is 17.6 Å². The average molecular weight is 798 g/mol. The molecule has 0 radical (unpaired) electrons. The minimum Gasteiger partial charge on any atom is -0.504 e. The number of esters is 2. The van der Waals surface area contributed by atoms with Crippen LogP contribution in [0.3, 0.4) is 0 Å². The van der Waals surface area contributed by atoms with Crippen LogP contribution in [0, 0.1) is 25.7 Å². The topological polar surface area (TPSA) is 155 Å². The maximum absolute atomic E-state index is 15.0. The van der Waals surface area contributed by atoms with Crippen molar-refractivity contribution in [3.63, 3.8) is 0 Å². The van der Waals surface area contributed by atoms with Crippen molar-refractivity contribution < 1.29 is 42.8 Å². The number of phenols is 1. The zero-order valence-electron chi connectivity index (χ0n) is 33.5. The summed E-state index contributed by atoms with van der Waals surface area (Å²) in [7, 11) is 3.74. The van der Waals surface area contributed by atoms with Crippen molar-refractivity contribution in [2.75, 3.05) is 39.9 Å². The summed E-state index contributed by atoms with van der Waals surface area (Å²) in [5.41, 5.74) is 11.7. The third kappa shape index (κ3) is 5.74. The lowest BCUT2D eigenvalue weighted by Crippen LogP contribution is -2.61. The van der Waals surface area contributed by atoms with Gasteiger partial charge in [-0.2, -0.15) is 11.8 Å². The highest BCUT2D eigenvalue weighted by Crippen LogP contribution is 2.62. The fraction of sp³-hybridized carbons (Fsp3) is 0.500. The van der Waals surface area contributed by atoms with Gasteiger partial charge in [-0.25, -0.2) is 4.79 Å². The zero-order chi connectivity index (χ0) is 40.1.